The molecular formula is C17H18N2O5. The maximum Gasteiger partial charge on any atom is 0.328 e. The first-order valence-corrected chi connectivity index (χ1v) is 7.71. The zero-order valence-corrected chi connectivity index (χ0v) is 13.7. The molecule has 0 fully saturated rings. The number of rotatable bonds is 4. The highest BCUT2D eigenvalue weighted by Crippen LogP contribution is 2.39. The van der Waals surface area contributed by atoms with E-state index in [0.29, 0.717) is 17.1 Å². The Labute approximate surface area is 138 Å². The normalized spacial score (nSPS) is 13.3. The van der Waals surface area contributed by atoms with Crippen molar-refractivity contribution in [3.05, 3.63) is 35.0 Å². The van der Waals surface area contributed by atoms with Crippen LogP contribution >= 0.6 is 0 Å². The van der Waals surface area contributed by atoms with E-state index in [-0.39, 0.29) is 18.9 Å². The number of benzene rings is 1. The summed E-state index contributed by atoms with van der Waals surface area (Å²) in [5.41, 5.74) is 2.50. The first kappa shape index (κ1) is 16.0. The molecular weight excluding hydrogens is 312 g/mol. The Morgan fingerprint density at radius 1 is 1.42 bits per heavy atom. The molecule has 0 aliphatic carbocycles. The number of nitrogens with zero attached hydrogens (tertiary/aromatic N) is 1. The summed E-state index contributed by atoms with van der Waals surface area (Å²) in [5, 5.41) is 6.43. The van der Waals surface area contributed by atoms with Gasteiger partial charge in [0.05, 0.1) is 17.7 Å². The number of aromatic nitrogens is 1. The van der Waals surface area contributed by atoms with Gasteiger partial charge in [-0.25, -0.2) is 4.79 Å². The van der Waals surface area contributed by atoms with Gasteiger partial charge < -0.3 is 19.3 Å². The second kappa shape index (κ2) is 6.35. The van der Waals surface area contributed by atoms with Crippen molar-refractivity contribution in [3.63, 3.8) is 0 Å². The van der Waals surface area contributed by atoms with Gasteiger partial charge in [-0.3, -0.25) is 4.79 Å². The maximum absolute atomic E-state index is 12.4. The Balaban J connectivity index is 1.85. The van der Waals surface area contributed by atoms with Gasteiger partial charge in [0.2, 0.25) is 0 Å². The Kier molecular flexibility index (Phi) is 4.24. The molecule has 2 aromatic rings. The van der Waals surface area contributed by atoms with E-state index in [1.54, 1.807) is 13.8 Å². The topological polar surface area (TPSA) is 90.7 Å². The Hall–Kier alpha value is -2.83. The molecule has 1 amide bonds. The van der Waals surface area contributed by atoms with E-state index >= 15 is 0 Å². The first-order chi connectivity index (χ1) is 11.5. The van der Waals surface area contributed by atoms with Gasteiger partial charge in [0.15, 0.2) is 11.5 Å². The van der Waals surface area contributed by atoms with Crippen LogP contribution in [-0.4, -0.2) is 29.7 Å². The van der Waals surface area contributed by atoms with E-state index < -0.39 is 17.9 Å². The number of nitrogens with one attached hydrogen (secondary N) is 1. The van der Waals surface area contributed by atoms with E-state index in [1.807, 2.05) is 25.1 Å². The minimum Gasteiger partial charge on any atom is -0.488 e. The first-order valence-electron chi connectivity index (χ1n) is 7.71. The summed E-state index contributed by atoms with van der Waals surface area (Å²) in [5.74, 6) is 0.214. The number of carbonyl (C=O) groups excluding carboxylic acids is 2. The van der Waals surface area contributed by atoms with Gasteiger partial charge in [-0.1, -0.05) is 16.8 Å². The number of esters is 1. The fraction of sp³-hybridized carbons (Fsp3) is 0.353. The van der Waals surface area contributed by atoms with Crippen molar-refractivity contribution in [3.8, 4) is 17.1 Å². The molecule has 0 spiro atoms. The number of fused-ring (bicyclic) bond motifs is 3. The average Bonchev–Trinajstić information content (AvgIpc) is 2.99. The maximum atomic E-state index is 12.4. The number of ether oxygens (including phenoxy) is 2. The van der Waals surface area contributed by atoms with Crippen molar-refractivity contribution >= 4 is 11.9 Å². The Morgan fingerprint density at radius 3 is 2.96 bits per heavy atom. The molecule has 1 atom stereocenters. The zero-order valence-electron chi connectivity index (χ0n) is 13.7. The van der Waals surface area contributed by atoms with Gasteiger partial charge >= 0.3 is 5.97 Å². The van der Waals surface area contributed by atoms with Crippen molar-refractivity contribution < 1.29 is 23.6 Å². The number of hydrogen-bond donors (Lipinski definition) is 1. The zero-order chi connectivity index (χ0) is 17.3. The van der Waals surface area contributed by atoms with Crippen LogP contribution in [0, 0.1) is 6.92 Å². The molecule has 0 saturated carbocycles. The van der Waals surface area contributed by atoms with Crippen LogP contribution in [0.3, 0.4) is 0 Å². The van der Waals surface area contributed by atoms with Crippen LogP contribution in [0.5, 0.6) is 5.75 Å². The molecule has 1 aromatic heterocycles. The van der Waals surface area contributed by atoms with Gasteiger partial charge in [0.25, 0.3) is 5.91 Å². The lowest BCUT2D eigenvalue weighted by Gasteiger charge is -2.17. The van der Waals surface area contributed by atoms with Crippen LogP contribution in [-0.2, 0) is 16.1 Å². The third kappa shape index (κ3) is 2.84. The minimum atomic E-state index is -0.774. The van der Waals surface area contributed by atoms with Crippen LogP contribution in [0.2, 0.25) is 0 Å². The summed E-state index contributed by atoms with van der Waals surface area (Å²) < 4.78 is 15.9. The number of aryl methyl sites for hydroxylation is 1. The lowest BCUT2D eigenvalue weighted by molar-refractivity contribution is -0.144. The predicted octanol–water partition coefficient (Wildman–Crippen LogP) is 2.22. The van der Waals surface area contributed by atoms with Crippen molar-refractivity contribution in [2.45, 2.75) is 33.4 Å². The molecule has 1 N–H and O–H groups in total. The molecule has 1 aliphatic heterocycles. The largest absolute Gasteiger partial charge is 0.488 e. The minimum absolute atomic E-state index is 0.119. The smallest absolute Gasteiger partial charge is 0.328 e. The Bertz CT molecular complexity index is 796. The van der Waals surface area contributed by atoms with Crippen LogP contribution in [0.1, 0.15) is 35.5 Å². The summed E-state index contributed by atoms with van der Waals surface area (Å²) in [6.07, 6.45) is 0. The predicted molar refractivity (Wildman–Crippen MR) is 84.6 cm³/mol. The second-order valence-corrected chi connectivity index (χ2v) is 5.57. The number of carbonyl (C=O) groups is 2. The van der Waals surface area contributed by atoms with Crippen LogP contribution in [0.4, 0.5) is 0 Å². The molecule has 0 saturated heterocycles. The fourth-order valence-electron chi connectivity index (χ4n) is 2.52. The summed E-state index contributed by atoms with van der Waals surface area (Å²) in [6.45, 7) is 5.65. The molecule has 126 valence electrons. The number of amides is 1. The van der Waals surface area contributed by atoms with Gasteiger partial charge in [-0.05, 0) is 32.9 Å². The molecule has 1 aromatic carbocycles. The molecule has 0 bridgehead atoms. The molecule has 0 radical (unpaired) electrons. The van der Waals surface area contributed by atoms with Crippen LogP contribution in [0.25, 0.3) is 11.3 Å². The lowest BCUT2D eigenvalue weighted by atomic mass is 10.0. The fourth-order valence-corrected chi connectivity index (χ4v) is 2.52. The van der Waals surface area contributed by atoms with Gasteiger partial charge in [0.1, 0.15) is 18.4 Å². The molecule has 3 rings (SSSR count). The lowest BCUT2D eigenvalue weighted by Crippen LogP contribution is -2.40. The third-order valence-electron chi connectivity index (χ3n) is 3.74. The molecule has 1 aliphatic rings. The van der Waals surface area contributed by atoms with Gasteiger partial charge in [0, 0.05) is 0 Å². The quantitative estimate of drug-likeness (QED) is 0.865. The third-order valence-corrected chi connectivity index (χ3v) is 3.74. The van der Waals surface area contributed by atoms with Crippen LogP contribution < -0.4 is 10.1 Å². The van der Waals surface area contributed by atoms with E-state index in [1.165, 1.54) is 0 Å². The standard InChI is InChI=1S/C17H18N2O5/c1-4-22-17(21)10(3)18-16(20)14-12-8-23-13-6-5-9(2)7-11(13)15(12)24-19-14/h5-7,10H,4,8H2,1-3H3,(H,18,20). The van der Waals surface area contributed by atoms with E-state index in [4.69, 9.17) is 14.0 Å². The molecule has 2 heterocycles. The van der Waals surface area contributed by atoms with Crippen molar-refractivity contribution in [2.24, 2.45) is 0 Å². The van der Waals surface area contributed by atoms with Gasteiger partial charge in [-0.15, -0.1) is 0 Å². The highest BCUT2D eigenvalue weighted by Gasteiger charge is 2.30. The molecule has 24 heavy (non-hydrogen) atoms. The monoisotopic (exact) mass is 330 g/mol. The molecule has 7 nitrogen and oxygen atoms in total. The van der Waals surface area contributed by atoms with Gasteiger partial charge in [-0.2, -0.15) is 0 Å². The van der Waals surface area contributed by atoms with Crippen molar-refractivity contribution in [1.82, 2.24) is 10.5 Å². The SMILES string of the molecule is CCOC(=O)C(C)NC(=O)c1noc2c1COc1ccc(C)cc1-2. The van der Waals surface area contributed by atoms with E-state index in [2.05, 4.69) is 10.5 Å². The highest BCUT2D eigenvalue weighted by molar-refractivity contribution is 5.97. The van der Waals surface area contributed by atoms with E-state index in [0.717, 1.165) is 11.1 Å². The summed E-state index contributed by atoms with van der Waals surface area (Å²) in [6, 6.07) is 4.94. The van der Waals surface area contributed by atoms with Crippen molar-refractivity contribution in [2.75, 3.05) is 6.61 Å². The average molecular weight is 330 g/mol. The summed E-state index contributed by atoms with van der Waals surface area (Å²) >= 11 is 0. The summed E-state index contributed by atoms with van der Waals surface area (Å²) in [4.78, 5) is 24.0. The molecule has 7 heteroatoms. The van der Waals surface area contributed by atoms with Crippen LogP contribution in [0.15, 0.2) is 22.7 Å². The summed E-state index contributed by atoms with van der Waals surface area (Å²) in [7, 11) is 0. The van der Waals surface area contributed by atoms with E-state index in [9.17, 15) is 9.59 Å². The Morgan fingerprint density at radius 2 is 2.21 bits per heavy atom. The van der Waals surface area contributed by atoms with Crippen molar-refractivity contribution in [1.29, 1.82) is 0 Å². The highest BCUT2D eigenvalue weighted by atomic mass is 16.5. The molecule has 1 unspecified atom stereocenters. The number of hydrogen-bond acceptors (Lipinski definition) is 6. The second-order valence-electron chi connectivity index (χ2n) is 5.57.